The van der Waals surface area contributed by atoms with Crippen molar-refractivity contribution in [1.29, 1.82) is 5.41 Å². The Labute approximate surface area is 126 Å². The van der Waals surface area contributed by atoms with E-state index < -0.39 is 0 Å². The molecule has 1 heterocycles. The average molecular weight is 288 g/mol. The monoisotopic (exact) mass is 288 g/mol. The van der Waals surface area contributed by atoms with Gasteiger partial charge in [0.2, 0.25) is 5.96 Å². The maximum Gasteiger partial charge on any atom is 0.324 e. The highest BCUT2D eigenvalue weighted by Crippen LogP contribution is 2.19. The Morgan fingerprint density at radius 1 is 1.24 bits per heavy atom. The molecule has 1 aromatic carbocycles. The number of hydrogen-bond acceptors (Lipinski definition) is 2. The topological polar surface area (TPSA) is 68.2 Å². The molecule has 0 radical (unpaired) electrons. The van der Waals surface area contributed by atoms with Gasteiger partial charge in [0.15, 0.2) is 0 Å². The van der Waals surface area contributed by atoms with Gasteiger partial charge in [-0.1, -0.05) is 25.1 Å². The number of piperidine rings is 1. The highest BCUT2D eigenvalue weighted by Gasteiger charge is 2.21. The van der Waals surface area contributed by atoms with Crippen LogP contribution in [0.5, 0.6) is 0 Å². The number of carbonyl (C=O) groups is 1. The lowest BCUT2D eigenvalue weighted by Gasteiger charge is -2.30. The van der Waals surface area contributed by atoms with E-state index in [4.69, 9.17) is 5.41 Å². The number of carbonyl (C=O) groups excluding carboxylic acids is 1. The average Bonchev–Trinajstić information content (AvgIpc) is 2.43. The predicted octanol–water partition coefficient (Wildman–Crippen LogP) is 3.09. The number of nitrogens with zero attached hydrogens (tertiary/aromatic N) is 1. The van der Waals surface area contributed by atoms with E-state index in [0.29, 0.717) is 5.92 Å². The molecule has 0 unspecified atom stereocenters. The van der Waals surface area contributed by atoms with Crippen LogP contribution in [0.2, 0.25) is 0 Å². The Balaban J connectivity index is 1.91. The molecule has 1 fully saturated rings. The second-order valence-electron chi connectivity index (χ2n) is 5.87. The highest BCUT2D eigenvalue weighted by molar-refractivity contribution is 6.02. The first-order valence-corrected chi connectivity index (χ1v) is 7.45. The number of aryl methyl sites for hydroxylation is 2. The van der Waals surface area contributed by atoms with Gasteiger partial charge in [0.05, 0.1) is 0 Å². The van der Waals surface area contributed by atoms with Crippen molar-refractivity contribution in [1.82, 2.24) is 10.2 Å². The van der Waals surface area contributed by atoms with Crippen molar-refractivity contribution in [2.45, 2.75) is 33.6 Å². The summed E-state index contributed by atoms with van der Waals surface area (Å²) in [6.45, 7) is 7.71. The minimum Gasteiger partial charge on any atom is -0.326 e. The van der Waals surface area contributed by atoms with Gasteiger partial charge in [-0.15, -0.1) is 0 Å². The molecule has 1 aliphatic rings. The van der Waals surface area contributed by atoms with E-state index in [1.165, 1.54) is 0 Å². The van der Waals surface area contributed by atoms with Crippen LogP contribution in [0, 0.1) is 25.2 Å². The van der Waals surface area contributed by atoms with Crippen LogP contribution in [0.4, 0.5) is 10.5 Å². The molecule has 1 aromatic rings. The zero-order valence-corrected chi connectivity index (χ0v) is 13.0. The van der Waals surface area contributed by atoms with Gasteiger partial charge in [0.25, 0.3) is 0 Å². The zero-order valence-electron chi connectivity index (χ0n) is 13.0. The molecule has 5 nitrogen and oxygen atoms in total. The standard InChI is InChI=1S/C16H24N4O/c1-11-7-9-20(10-8-11)16(21)19-15(17)18-14-12(2)5-4-6-13(14)3/h4-6,11H,7-10H2,1-3H3,(H3,17,18,19,21). The summed E-state index contributed by atoms with van der Waals surface area (Å²) in [6.07, 6.45) is 2.07. The molecule has 2 rings (SSSR count). The number of nitrogens with one attached hydrogen (secondary N) is 3. The smallest absolute Gasteiger partial charge is 0.324 e. The van der Waals surface area contributed by atoms with Gasteiger partial charge in [-0.2, -0.15) is 0 Å². The van der Waals surface area contributed by atoms with Gasteiger partial charge in [0.1, 0.15) is 0 Å². The van der Waals surface area contributed by atoms with E-state index in [0.717, 1.165) is 42.7 Å². The molecule has 1 aliphatic heterocycles. The Bertz CT molecular complexity index is 513. The van der Waals surface area contributed by atoms with Crippen molar-refractivity contribution in [3.05, 3.63) is 29.3 Å². The van der Waals surface area contributed by atoms with Crippen LogP contribution in [0.15, 0.2) is 18.2 Å². The fourth-order valence-electron chi connectivity index (χ4n) is 2.57. The Hall–Kier alpha value is -2.04. The van der Waals surface area contributed by atoms with E-state index in [1.807, 2.05) is 32.0 Å². The summed E-state index contributed by atoms with van der Waals surface area (Å²) in [5.74, 6) is 0.706. The minimum absolute atomic E-state index is 0.0241. The summed E-state index contributed by atoms with van der Waals surface area (Å²) in [6, 6.07) is 5.76. The summed E-state index contributed by atoms with van der Waals surface area (Å²) in [5.41, 5.74) is 3.00. The number of hydrogen-bond donors (Lipinski definition) is 3. The Morgan fingerprint density at radius 2 is 1.81 bits per heavy atom. The molecule has 0 aliphatic carbocycles. The maximum atomic E-state index is 12.1. The van der Waals surface area contributed by atoms with E-state index >= 15 is 0 Å². The van der Waals surface area contributed by atoms with Crippen molar-refractivity contribution in [2.24, 2.45) is 5.92 Å². The maximum absolute atomic E-state index is 12.1. The lowest BCUT2D eigenvalue weighted by atomic mass is 10.00. The van der Waals surface area contributed by atoms with Crippen LogP contribution in [0.25, 0.3) is 0 Å². The quantitative estimate of drug-likeness (QED) is 0.549. The second kappa shape index (κ2) is 6.61. The molecule has 1 saturated heterocycles. The number of likely N-dealkylation sites (tertiary alicyclic amines) is 1. The normalized spacial score (nSPS) is 15.7. The molecule has 3 N–H and O–H groups in total. The molecule has 114 valence electrons. The second-order valence-corrected chi connectivity index (χ2v) is 5.87. The summed E-state index contributed by atoms with van der Waals surface area (Å²) in [5, 5.41) is 13.5. The summed E-state index contributed by atoms with van der Waals surface area (Å²) in [4.78, 5) is 13.9. The molecule has 0 saturated carbocycles. The lowest BCUT2D eigenvalue weighted by Crippen LogP contribution is -2.47. The van der Waals surface area contributed by atoms with E-state index in [9.17, 15) is 4.79 Å². The zero-order chi connectivity index (χ0) is 15.4. The number of anilines is 1. The first-order valence-electron chi connectivity index (χ1n) is 7.45. The van der Waals surface area contributed by atoms with Crippen molar-refractivity contribution < 1.29 is 4.79 Å². The fraction of sp³-hybridized carbons (Fsp3) is 0.500. The van der Waals surface area contributed by atoms with Crippen LogP contribution in [-0.2, 0) is 0 Å². The Morgan fingerprint density at radius 3 is 2.38 bits per heavy atom. The number of rotatable bonds is 1. The van der Waals surface area contributed by atoms with Gasteiger partial charge in [0, 0.05) is 18.8 Å². The summed E-state index contributed by atoms with van der Waals surface area (Å²) in [7, 11) is 0. The number of para-hydroxylation sites is 1. The van der Waals surface area contributed by atoms with Crippen molar-refractivity contribution >= 4 is 17.7 Å². The van der Waals surface area contributed by atoms with Gasteiger partial charge in [-0.3, -0.25) is 10.7 Å². The third-order valence-corrected chi connectivity index (χ3v) is 4.03. The first-order chi connectivity index (χ1) is 9.97. The summed E-state index contributed by atoms with van der Waals surface area (Å²) < 4.78 is 0. The van der Waals surface area contributed by atoms with Crippen molar-refractivity contribution in [2.75, 3.05) is 18.4 Å². The SMILES string of the molecule is Cc1cccc(C)c1NC(=N)NC(=O)N1CCC(C)CC1. The third-order valence-electron chi connectivity index (χ3n) is 4.03. The van der Waals surface area contributed by atoms with Crippen molar-refractivity contribution in [3.63, 3.8) is 0 Å². The Kier molecular flexibility index (Phi) is 4.83. The van der Waals surface area contributed by atoms with Crippen LogP contribution in [-0.4, -0.2) is 30.0 Å². The van der Waals surface area contributed by atoms with Crippen molar-refractivity contribution in [3.8, 4) is 0 Å². The lowest BCUT2D eigenvalue weighted by molar-refractivity contribution is 0.178. The molecule has 21 heavy (non-hydrogen) atoms. The molecule has 5 heteroatoms. The predicted molar refractivity (Wildman–Crippen MR) is 85.8 cm³/mol. The molecule has 0 aromatic heterocycles. The highest BCUT2D eigenvalue weighted by atomic mass is 16.2. The molecule has 0 bridgehead atoms. The molecule has 0 atom stereocenters. The van der Waals surface area contributed by atoms with Gasteiger partial charge in [-0.25, -0.2) is 4.79 Å². The van der Waals surface area contributed by atoms with Crippen LogP contribution >= 0.6 is 0 Å². The van der Waals surface area contributed by atoms with Gasteiger partial charge < -0.3 is 10.2 Å². The number of benzene rings is 1. The summed E-state index contributed by atoms with van der Waals surface area (Å²) >= 11 is 0. The van der Waals surface area contributed by atoms with Crippen LogP contribution in [0.1, 0.15) is 30.9 Å². The third kappa shape index (κ3) is 3.97. The van der Waals surface area contributed by atoms with E-state index in [1.54, 1.807) is 4.90 Å². The van der Waals surface area contributed by atoms with Crippen LogP contribution in [0.3, 0.4) is 0 Å². The number of amides is 2. The fourth-order valence-corrected chi connectivity index (χ4v) is 2.57. The molecule has 2 amide bonds. The van der Waals surface area contributed by atoms with Gasteiger partial charge in [-0.05, 0) is 43.7 Å². The molecular weight excluding hydrogens is 264 g/mol. The molecular formula is C16H24N4O. The minimum atomic E-state index is -0.189. The number of guanidine groups is 1. The van der Waals surface area contributed by atoms with E-state index in [-0.39, 0.29) is 12.0 Å². The van der Waals surface area contributed by atoms with Gasteiger partial charge >= 0.3 is 6.03 Å². The molecule has 0 spiro atoms. The van der Waals surface area contributed by atoms with Crippen LogP contribution < -0.4 is 10.6 Å². The number of urea groups is 1. The first kappa shape index (κ1) is 15.4. The largest absolute Gasteiger partial charge is 0.326 e. The van der Waals surface area contributed by atoms with E-state index in [2.05, 4.69) is 17.6 Å².